The maximum absolute atomic E-state index is 13.3. The molecule has 0 saturated carbocycles. The second-order valence-electron chi connectivity index (χ2n) is 7.11. The van der Waals surface area contributed by atoms with Gasteiger partial charge in [-0.25, -0.2) is 0 Å². The molecule has 3 aromatic rings. The smallest absolute Gasteiger partial charge is 0.269 e. The number of nitrogens with zero attached hydrogens (tertiary/aromatic N) is 3. The van der Waals surface area contributed by atoms with Gasteiger partial charge in [-0.3, -0.25) is 14.0 Å². The number of nitrogens with one attached hydrogen (secondary N) is 1. The van der Waals surface area contributed by atoms with Crippen LogP contribution in [0.5, 0.6) is 11.6 Å². The fraction of sp³-hybridized carbons (Fsp3) is 0.167. The number of aromatic nitrogens is 2. The first-order valence-electron chi connectivity index (χ1n) is 9.63. The van der Waals surface area contributed by atoms with Gasteiger partial charge in [0.05, 0.1) is 0 Å². The zero-order valence-corrected chi connectivity index (χ0v) is 17.6. The summed E-state index contributed by atoms with van der Waals surface area (Å²) in [6, 6.07) is 11.0. The Morgan fingerprint density at radius 2 is 2.00 bits per heavy atom. The third kappa shape index (κ3) is 4.70. The van der Waals surface area contributed by atoms with Crippen LogP contribution < -0.4 is 15.6 Å². The Morgan fingerprint density at radius 1 is 1.29 bits per heavy atom. The summed E-state index contributed by atoms with van der Waals surface area (Å²) < 4.78 is 7.36. The molecule has 2 aromatic heterocycles. The number of benzene rings is 1. The van der Waals surface area contributed by atoms with E-state index in [-0.39, 0.29) is 23.6 Å². The molecule has 0 aliphatic carbocycles. The summed E-state index contributed by atoms with van der Waals surface area (Å²) in [6.07, 6.45) is 4.29. The van der Waals surface area contributed by atoms with Gasteiger partial charge in [0.25, 0.3) is 11.5 Å². The molecule has 0 unspecified atom stereocenters. The minimum Gasteiger partial charge on any atom is -0.438 e. The average Bonchev–Trinajstić information content (AvgIpc) is 2.72. The van der Waals surface area contributed by atoms with Crippen LogP contribution in [0.4, 0.5) is 0 Å². The SMILES string of the molecule is C=CCNC(=O)/C(C#N)=C/c1c(Oc2cc(C)cc(C)c2)nc2c(C)cccn2c1=O. The lowest BCUT2D eigenvalue weighted by Gasteiger charge is -2.12. The Morgan fingerprint density at radius 3 is 2.65 bits per heavy atom. The first kappa shape index (κ1) is 21.5. The van der Waals surface area contributed by atoms with Crippen molar-refractivity contribution in [1.29, 1.82) is 5.26 Å². The quantitative estimate of drug-likeness (QED) is 0.377. The summed E-state index contributed by atoms with van der Waals surface area (Å²) in [5.41, 5.74) is 2.51. The Hall–Kier alpha value is -4.18. The molecule has 31 heavy (non-hydrogen) atoms. The molecule has 7 nitrogen and oxygen atoms in total. The van der Waals surface area contributed by atoms with E-state index < -0.39 is 11.5 Å². The van der Waals surface area contributed by atoms with Crippen LogP contribution in [0.15, 0.2) is 59.6 Å². The summed E-state index contributed by atoms with van der Waals surface area (Å²) >= 11 is 0. The van der Waals surface area contributed by atoms with Crippen LogP contribution in [-0.4, -0.2) is 21.8 Å². The van der Waals surface area contributed by atoms with E-state index in [0.717, 1.165) is 16.7 Å². The standard InChI is InChI=1S/C24H22N4O3/c1-5-8-26-22(29)18(14-25)13-20-23(31-19-11-15(2)10-16(3)12-19)27-21-17(4)7-6-9-28(21)24(20)30/h5-7,9-13H,1,8H2,2-4H3,(H,26,29)/b18-13+. The molecule has 1 aromatic carbocycles. The maximum atomic E-state index is 13.3. The molecule has 0 fully saturated rings. The molecule has 1 amide bonds. The van der Waals surface area contributed by atoms with Gasteiger partial charge < -0.3 is 10.1 Å². The van der Waals surface area contributed by atoms with Crippen molar-refractivity contribution in [2.45, 2.75) is 20.8 Å². The van der Waals surface area contributed by atoms with Gasteiger partial charge in [-0.2, -0.15) is 10.2 Å². The molecule has 0 bridgehead atoms. The first-order chi connectivity index (χ1) is 14.8. The molecular weight excluding hydrogens is 392 g/mol. The van der Waals surface area contributed by atoms with Crippen LogP contribution in [0.2, 0.25) is 0 Å². The van der Waals surface area contributed by atoms with Crippen molar-refractivity contribution in [1.82, 2.24) is 14.7 Å². The second kappa shape index (κ2) is 9.09. The van der Waals surface area contributed by atoms with E-state index in [1.165, 1.54) is 16.6 Å². The monoisotopic (exact) mass is 414 g/mol. The maximum Gasteiger partial charge on any atom is 0.269 e. The van der Waals surface area contributed by atoms with Crippen LogP contribution in [0.3, 0.4) is 0 Å². The topological polar surface area (TPSA) is 96.5 Å². The summed E-state index contributed by atoms with van der Waals surface area (Å²) in [4.78, 5) is 30.1. The number of nitriles is 1. The van der Waals surface area contributed by atoms with Gasteiger partial charge >= 0.3 is 0 Å². The van der Waals surface area contributed by atoms with Gasteiger partial charge in [-0.15, -0.1) is 6.58 Å². The normalized spacial score (nSPS) is 11.1. The van der Waals surface area contributed by atoms with Gasteiger partial charge in [0.15, 0.2) is 0 Å². The fourth-order valence-corrected chi connectivity index (χ4v) is 3.15. The van der Waals surface area contributed by atoms with Gasteiger partial charge in [0.1, 0.15) is 28.6 Å². The highest BCUT2D eigenvalue weighted by atomic mass is 16.5. The average molecular weight is 414 g/mol. The van der Waals surface area contributed by atoms with Crippen LogP contribution in [-0.2, 0) is 4.79 Å². The lowest BCUT2D eigenvalue weighted by molar-refractivity contribution is -0.116. The second-order valence-corrected chi connectivity index (χ2v) is 7.11. The van der Waals surface area contributed by atoms with E-state index in [9.17, 15) is 14.9 Å². The number of hydrogen-bond donors (Lipinski definition) is 1. The van der Waals surface area contributed by atoms with Gasteiger partial charge in [0.2, 0.25) is 5.88 Å². The molecule has 0 aliphatic heterocycles. The number of carbonyl (C=O) groups is 1. The van der Waals surface area contributed by atoms with Crippen molar-refractivity contribution >= 4 is 17.6 Å². The van der Waals surface area contributed by atoms with E-state index >= 15 is 0 Å². The molecule has 2 heterocycles. The zero-order chi connectivity index (χ0) is 22.5. The third-order valence-corrected chi connectivity index (χ3v) is 4.52. The molecule has 3 rings (SSSR count). The Balaban J connectivity index is 2.23. The van der Waals surface area contributed by atoms with Crippen LogP contribution >= 0.6 is 0 Å². The number of hydrogen-bond acceptors (Lipinski definition) is 5. The molecular formula is C24H22N4O3. The summed E-state index contributed by atoms with van der Waals surface area (Å²) in [5, 5.41) is 12.0. The Bertz CT molecular complexity index is 1290. The van der Waals surface area contributed by atoms with E-state index in [1.807, 2.05) is 51.1 Å². The summed E-state index contributed by atoms with van der Waals surface area (Å²) in [5.74, 6) is -0.0892. The molecule has 156 valence electrons. The van der Waals surface area contributed by atoms with Crippen molar-refractivity contribution in [3.63, 3.8) is 0 Å². The van der Waals surface area contributed by atoms with E-state index in [1.54, 1.807) is 12.3 Å². The van der Waals surface area contributed by atoms with E-state index in [4.69, 9.17) is 4.74 Å². The molecule has 1 N–H and O–H groups in total. The van der Waals surface area contributed by atoms with Gasteiger partial charge in [-0.1, -0.05) is 18.2 Å². The number of fused-ring (bicyclic) bond motifs is 1. The Labute approximate surface area is 179 Å². The first-order valence-corrected chi connectivity index (χ1v) is 9.63. The zero-order valence-electron chi connectivity index (χ0n) is 17.6. The van der Waals surface area contributed by atoms with Crippen LogP contribution in [0.25, 0.3) is 11.7 Å². The van der Waals surface area contributed by atoms with Crippen molar-refractivity contribution in [2.75, 3.05) is 6.54 Å². The summed E-state index contributed by atoms with van der Waals surface area (Å²) in [6.45, 7) is 9.43. The molecule has 0 spiro atoms. The number of aryl methyl sites for hydroxylation is 3. The van der Waals surface area contributed by atoms with Crippen molar-refractivity contribution in [2.24, 2.45) is 0 Å². The molecule has 0 radical (unpaired) electrons. The lowest BCUT2D eigenvalue weighted by atomic mass is 10.1. The largest absolute Gasteiger partial charge is 0.438 e. The van der Waals surface area contributed by atoms with Crippen LogP contribution in [0, 0.1) is 32.1 Å². The predicted molar refractivity (Wildman–Crippen MR) is 119 cm³/mol. The van der Waals surface area contributed by atoms with Gasteiger partial charge in [0, 0.05) is 12.7 Å². The number of rotatable bonds is 6. The predicted octanol–water partition coefficient (Wildman–Crippen LogP) is 3.62. The van der Waals surface area contributed by atoms with Crippen LogP contribution in [0.1, 0.15) is 22.3 Å². The number of pyridine rings is 1. The third-order valence-electron chi connectivity index (χ3n) is 4.52. The minimum atomic E-state index is -0.617. The fourth-order valence-electron chi connectivity index (χ4n) is 3.15. The highest BCUT2D eigenvalue weighted by molar-refractivity contribution is 6.02. The highest BCUT2D eigenvalue weighted by Crippen LogP contribution is 2.26. The Kier molecular flexibility index (Phi) is 6.32. The number of carbonyl (C=O) groups excluding carboxylic acids is 1. The van der Waals surface area contributed by atoms with Crippen molar-refractivity contribution in [3.8, 4) is 17.7 Å². The molecule has 0 saturated heterocycles. The number of amides is 1. The molecule has 7 heteroatoms. The number of ether oxygens (including phenoxy) is 1. The van der Waals surface area contributed by atoms with Crippen molar-refractivity contribution < 1.29 is 9.53 Å². The molecule has 0 aliphatic rings. The lowest BCUT2D eigenvalue weighted by Crippen LogP contribution is -2.25. The molecule has 0 atom stereocenters. The summed E-state index contributed by atoms with van der Waals surface area (Å²) in [7, 11) is 0. The minimum absolute atomic E-state index is 0.00700. The van der Waals surface area contributed by atoms with E-state index in [0.29, 0.717) is 11.4 Å². The highest BCUT2D eigenvalue weighted by Gasteiger charge is 2.18. The van der Waals surface area contributed by atoms with Crippen molar-refractivity contribution in [3.05, 3.63) is 87.4 Å². The van der Waals surface area contributed by atoms with Gasteiger partial charge in [-0.05, 0) is 61.7 Å². The van der Waals surface area contributed by atoms with E-state index in [2.05, 4.69) is 16.9 Å².